The van der Waals surface area contributed by atoms with E-state index in [1.54, 1.807) is 7.11 Å². The second-order valence-corrected chi connectivity index (χ2v) is 6.97. The minimum atomic E-state index is -0.0387. The summed E-state index contributed by atoms with van der Waals surface area (Å²) in [7, 11) is 1.60. The van der Waals surface area contributed by atoms with E-state index in [0.717, 1.165) is 30.8 Å². The van der Waals surface area contributed by atoms with Crippen molar-refractivity contribution in [1.29, 1.82) is 0 Å². The Morgan fingerprint density at radius 1 is 1.14 bits per heavy atom. The maximum atomic E-state index is 12.4. The summed E-state index contributed by atoms with van der Waals surface area (Å²) < 4.78 is 7.18. The van der Waals surface area contributed by atoms with Gasteiger partial charge in [0.25, 0.3) is 0 Å². The molecule has 0 unspecified atom stereocenters. The molecular formula is C23H24N4O2. The third kappa shape index (κ3) is 4.55. The zero-order valence-electron chi connectivity index (χ0n) is 16.4. The number of benzene rings is 2. The van der Waals surface area contributed by atoms with Crippen LogP contribution in [-0.4, -0.2) is 47.3 Å². The van der Waals surface area contributed by atoms with Crippen molar-refractivity contribution in [1.82, 2.24) is 14.7 Å². The van der Waals surface area contributed by atoms with E-state index in [4.69, 9.17) is 4.74 Å². The van der Waals surface area contributed by atoms with E-state index in [2.05, 4.69) is 27.6 Å². The molecule has 0 radical (unpaired) electrons. The van der Waals surface area contributed by atoms with E-state index in [-0.39, 0.29) is 5.91 Å². The molecule has 6 nitrogen and oxygen atoms in total. The lowest BCUT2D eigenvalue weighted by Gasteiger charge is -2.25. The number of carbonyl (C=O) groups is 1. The topological polar surface area (TPSA) is 59.4 Å². The number of hydrogen-bond acceptors (Lipinski definition) is 4. The molecular weight excluding hydrogens is 364 g/mol. The van der Waals surface area contributed by atoms with Crippen LogP contribution in [0.4, 0.5) is 5.69 Å². The van der Waals surface area contributed by atoms with Gasteiger partial charge in [-0.15, -0.1) is 0 Å². The minimum Gasteiger partial charge on any atom is -0.495 e. The van der Waals surface area contributed by atoms with Gasteiger partial charge in [0.05, 0.1) is 31.2 Å². The molecule has 1 aromatic heterocycles. The lowest BCUT2D eigenvalue weighted by Crippen LogP contribution is -2.36. The first kappa shape index (κ1) is 19.0. The summed E-state index contributed by atoms with van der Waals surface area (Å²) in [5.74, 6) is 0.625. The fourth-order valence-electron chi connectivity index (χ4n) is 3.47. The normalized spacial score (nSPS) is 14.3. The number of aromatic nitrogens is 2. The lowest BCUT2D eigenvalue weighted by molar-refractivity contribution is -0.117. The third-order valence-corrected chi connectivity index (χ3v) is 5.02. The number of carbonyl (C=O) groups excluding carboxylic acids is 1. The molecule has 3 aromatic rings. The minimum absolute atomic E-state index is 0.0387. The fourth-order valence-corrected chi connectivity index (χ4v) is 3.47. The van der Waals surface area contributed by atoms with Crippen molar-refractivity contribution < 1.29 is 9.53 Å². The molecule has 1 amide bonds. The zero-order valence-corrected chi connectivity index (χ0v) is 16.4. The zero-order chi connectivity index (χ0) is 20.1. The van der Waals surface area contributed by atoms with Gasteiger partial charge >= 0.3 is 0 Å². The maximum Gasteiger partial charge on any atom is 0.238 e. The van der Waals surface area contributed by atoms with Gasteiger partial charge in [-0.3, -0.25) is 9.69 Å². The Balaban J connectivity index is 1.35. The number of anilines is 1. The summed E-state index contributed by atoms with van der Waals surface area (Å²) in [6.45, 7) is 1.93. The average Bonchev–Trinajstić information content (AvgIpc) is 3.25. The van der Waals surface area contributed by atoms with Crippen molar-refractivity contribution in [2.75, 3.05) is 32.1 Å². The molecule has 2 heterocycles. The molecule has 0 aliphatic carbocycles. The van der Waals surface area contributed by atoms with Crippen molar-refractivity contribution in [3.63, 3.8) is 0 Å². The van der Waals surface area contributed by atoms with Crippen LogP contribution in [0, 0.1) is 0 Å². The predicted molar refractivity (Wildman–Crippen MR) is 114 cm³/mol. The van der Waals surface area contributed by atoms with Crippen molar-refractivity contribution in [3.8, 4) is 11.4 Å². The molecule has 0 spiro atoms. The Hall–Kier alpha value is -3.38. The van der Waals surface area contributed by atoms with Crippen molar-refractivity contribution in [2.24, 2.45) is 0 Å². The molecule has 148 valence electrons. The van der Waals surface area contributed by atoms with Gasteiger partial charge in [0.1, 0.15) is 5.75 Å². The van der Waals surface area contributed by atoms with Crippen LogP contribution in [-0.2, 0) is 4.79 Å². The highest BCUT2D eigenvalue weighted by atomic mass is 16.5. The monoisotopic (exact) mass is 388 g/mol. The van der Waals surface area contributed by atoms with Crippen molar-refractivity contribution >= 4 is 17.2 Å². The van der Waals surface area contributed by atoms with Gasteiger partial charge in [0.2, 0.25) is 5.91 Å². The number of hydrogen-bond donors (Lipinski definition) is 1. The Kier molecular flexibility index (Phi) is 5.72. The highest BCUT2D eigenvalue weighted by Crippen LogP contribution is 2.24. The van der Waals surface area contributed by atoms with Crippen LogP contribution >= 0.6 is 0 Å². The Bertz CT molecular complexity index is 1010. The number of rotatable bonds is 6. The van der Waals surface area contributed by atoms with Gasteiger partial charge in [0, 0.05) is 24.8 Å². The summed E-state index contributed by atoms with van der Waals surface area (Å²) >= 11 is 0. The SMILES string of the molecule is COc1ccccc1NC(=O)CN1CC=C(c2cnn(-c3ccccc3)c2)CC1. The molecule has 0 bridgehead atoms. The Morgan fingerprint density at radius 3 is 2.69 bits per heavy atom. The van der Waals surface area contributed by atoms with Crippen molar-refractivity contribution in [2.45, 2.75) is 6.42 Å². The number of nitrogens with zero attached hydrogens (tertiary/aromatic N) is 3. The summed E-state index contributed by atoms with van der Waals surface area (Å²) in [6.07, 6.45) is 7.04. The molecule has 0 fully saturated rings. The Morgan fingerprint density at radius 2 is 1.93 bits per heavy atom. The van der Waals surface area contributed by atoms with Gasteiger partial charge in [-0.2, -0.15) is 5.10 Å². The van der Waals surface area contributed by atoms with Gasteiger partial charge in [0.15, 0.2) is 0 Å². The number of nitrogens with one attached hydrogen (secondary N) is 1. The van der Waals surface area contributed by atoms with E-state index in [0.29, 0.717) is 18.0 Å². The summed E-state index contributed by atoms with van der Waals surface area (Å²) in [5, 5.41) is 7.41. The van der Waals surface area contributed by atoms with Crippen molar-refractivity contribution in [3.05, 3.63) is 78.6 Å². The van der Waals surface area contributed by atoms with Crippen LogP contribution < -0.4 is 10.1 Å². The number of ether oxygens (including phenoxy) is 1. The maximum absolute atomic E-state index is 12.4. The lowest BCUT2D eigenvalue weighted by atomic mass is 10.0. The number of amides is 1. The largest absolute Gasteiger partial charge is 0.495 e. The molecule has 1 aliphatic heterocycles. The fraction of sp³-hybridized carbons (Fsp3) is 0.217. The predicted octanol–water partition coefficient (Wildman–Crippen LogP) is 3.61. The van der Waals surface area contributed by atoms with E-state index in [1.165, 1.54) is 5.57 Å². The standard InChI is InChI=1S/C23H24N4O2/c1-29-22-10-6-5-9-21(22)25-23(28)17-26-13-11-18(12-14-26)19-15-24-27(16-19)20-7-3-2-4-8-20/h2-11,15-16H,12-14,17H2,1H3,(H,25,28). The number of para-hydroxylation sites is 3. The van der Waals surface area contributed by atoms with Crippen LogP contribution in [0.3, 0.4) is 0 Å². The van der Waals surface area contributed by atoms with Crippen LogP contribution in [0.1, 0.15) is 12.0 Å². The first-order valence-electron chi connectivity index (χ1n) is 9.67. The molecule has 29 heavy (non-hydrogen) atoms. The number of methoxy groups -OCH3 is 1. The molecule has 0 atom stereocenters. The van der Waals surface area contributed by atoms with Gasteiger partial charge in [-0.05, 0) is 36.3 Å². The molecule has 6 heteroatoms. The second kappa shape index (κ2) is 8.75. The quantitative estimate of drug-likeness (QED) is 0.701. The van der Waals surface area contributed by atoms with Gasteiger partial charge < -0.3 is 10.1 Å². The molecule has 0 saturated carbocycles. The first-order chi connectivity index (χ1) is 14.2. The molecule has 2 aromatic carbocycles. The molecule has 1 aliphatic rings. The van der Waals surface area contributed by atoms with Crippen LogP contribution in [0.25, 0.3) is 11.3 Å². The summed E-state index contributed by atoms with van der Waals surface area (Å²) in [6, 6.07) is 17.5. The Labute approximate surface area is 170 Å². The third-order valence-electron chi connectivity index (χ3n) is 5.02. The smallest absolute Gasteiger partial charge is 0.238 e. The van der Waals surface area contributed by atoms with E-state index in [1.807, 2.05) is 65.5 Å². The van der Waals surface area contributed by atoms with E-state index in [9.17, 15) is 4.79 Å². The van der Waals surface area contributed by atoms with Crippen LogP contribution in [0.2, 0.25) is 0 Å². The van der Waals surface area contributed by atoms with Gasteiger partial charge in [-0.25, -0.2) is 4.68 Å². The van der Waals surface area contributed by atoms with Crippen LogP contribution in [0.5, 0.6) is 5.75 Å². The molecule has 4 rings (SSSR count). The summed E-state index contributed by atoms with van der Waals surface area (Å²) in [5.41, 5.74) is 4.15. The average molecular weight is 388 g/mol. The van der Waals surface area contributed by atoms with Gasteiger partial charge in [-0.1, -0.05) is 36.4 Å². The first-order valence-corrected chi connectivity index (χ1v) is 9.67. The summed E-state index contributed by atoms with van der Waals surface area (Å²) in [4.78, 5) is 14.6. The molecule has 1 N–H and O–H groups in total. The van der Waals surface area contributed by atoms with E-state index < -0.39 is 0 Å². The second-order valence-electron chi connectivity index (χ2n) is 6.97. The van der Waals surface area contributed by atoms with E-state index >= 15 is 0 Å². The molecule has 0 saturated heterocycles. The highest BCUT2D eigenvalue weighted by Gasteiger charge is 2.17. The highest BCUT2D eigenvalue weighted by molar-refractivity contribution is 5.93. The van der Waals surface area contributed by atoms with Crippen LogP contribution in [0.15, 0.2) is 73.1 Å².